The Kier molecular flexibility index (Phi) is 14.7. The number of ether oxygens (including phenoxy) is 1. The number of allylic oxidation sites excluding steroid dienone is 3. The molecule has 0 unspecified atom stereocenters. The van der Waals surface area contributed by atoms with Crippen molar-refractivity contribution in [3.63, 3.8) is 0 Å². The highest BCUT2D eigenvalue weighted by atomic mass is 35.5. The van der Waals surface area contributed by atoms with Crippen LogP contribution in [0.25, 0.3) is 23.8 Å². The predicted molar refractivity (Wildman–Crippen MR) is 248 cm³/mol. The first-order valence-electron chi connectivity index (χ1n) is 20.3. The standard InChI is InChI=1S/C18H14ClF2NO3.C17H14FNO2.C16H13NO2.CH4/c1-18(20,21)25-16-9-10(2-3-14(16)19)6-11-7-13-12(17(23)24)4-5-22-15(13)8-11;1-10-6-11(2-3-15(10)18)7-12-8-14-13(17(20)21)4-5-19-16(14)9-12;1-10-4-2-3-5-12(10)11-8-14-13(16(18)19)6-7-17-15(14)9-11;/h2-5,8-9H,6-7H2,1H3,(H,23,24);2-6,9H,7-8H2,1H3,(H,20,21);2-7,9H,8H2,1H3,(H,18,19);1H4. The summed E-state index contributed by atoms with van der Waals surface area (Å²) in [6, 6.07) is 22.4. The van der Waals surface area contributed by atoms with E-state index in [2.05, 4.69) is 38.7 Å². The molecule has 0 saturated carbocycles. The number of fused-ring (bicyclic) bond motifs is 3. The Morgan fingerprint density at radius 3 is 1.61 bits per heavy atom. The first kappa shape index (κ1) is 48.1. The molecule has 3 aliphatic rings. The molecule has 6 aromatic rings. The first-order valence-corrected chi connectivity index (χ1v) is 20.7. The van der Waals surface area contributed by atoms with Gasteiger partial charge in [-0.2, -0.15) is 8.78 Å². The van der Waals surface area contributed by atoms with E-state index in [0.717, 1.165) is 55.9 Å². The summed E-state index contributed by atoms with van der Waals surface area (Å²) in [5.41, 5.74) is 13.1. The molecule has 66 heavy (non-hydrogen) atoms. The molecule has 3 aromatic carbocycles. The minimum Gasteiger partial charge on any atom is -0.478 e. The van der Waals surface area contributed by atoms with E-state index in [9.17, 15) is 42.9 Å². The van der Waals surface area contributed by atoms with Crippen LogP contribution in [-0.2, 0) is 32.1 Å². The van der Waals surface area contributed by atoms with Crippen molar-refractivity contribution >= 4 is 53.3 Å². The maximum absolute atomic E-state index is 13.3. The van der Waals surface area contributed by atoms with Crippen molar-refractivity contribution in [2.24, 2.45) is 0 Å². The lowest BCUT2D eigenvalue weighted by Gasteiger charge is -2.15. The van der Waals surface area contributed by atoms with E-state index in [1.807, 2.05) is 36.4 Å². The summed E-state index contributed by atoms with van der Waals surface area (Å²) < 4.78 is 44.0. The normalized spacial score (nSPS) is 12.9. The molecule has 14 heteroatoms. The second kappa shape index (κ2) is 20.2. The number of aromatic nitrogens is 3. The maximum Gasteiger partial charge on any atom is 0.394 e. The number of pyridine rings is 3. The molecule has 3 aromatic heterocycles. The summed E-state index contributed by atoms with van der Waals surface area (Å²) in [5, 5.41) is 27.8. The minimum absolute atomic E-state index is 0. The molecule has 3 heterocycles. The van der Waals surface area contributed by atoms with Crippen LogP contribution >= 0.6 is 11.6 Å². The summed E-state index contributed by atoms with van der Waals surface area (Å²) in [6.07, 6.45) is 9.75. The SMILES string of the molecule is C.CC(F)(F)Oc1cc(CC2=Cc3nccc(C(=O)O)c3C2)ccc1Cl.Cc1cc(CC2=Cc3nccc(C(=O)O)c3C2)ccc1F.Cc1ccccc1C1=Cc2nccc(C(=O)O)c2C1. The zero-order valence-corrected chi connectivity index (χ0v) is 36.1. The van der Waals surface area contributed by atoms with Crippen molar-refractivity contribution in [2.75, 3.05) is 0 Å². The van der Waals surface area contributed by atoms with Crippen molar-refractivity contribution in [1.29, 1.82) is 0 Å². The number of hydrogen-bond donors (Lipinski definition) is 3. The van der Waals surface area contributed by atoms with Crippen LogP contribution in [-0.4, -0.2) is 54.3 Å². The fourth-order valence-corrected chi connectivity index (χ4v) is 8.17. The predicted octanol–water partition coefficient (Wildman–Crippen LogP) is 11.8. The molecular weight excluding hydrogens is 871 g/mol. The first-order chi connectivity index (χ1) is 30.9. The molecule has 0 atom stereocenters. The summed E-state index contributed by atoms with van der Waals surface area (Å²) in [4.78, 5) is 46.4. The number of rotatable bonds is 10. The number of nitrogens with zero attached hydrogens (tertiary/aromatic N) is 3. The Bertz CT molecular complexity index is 2980. The van der Waals surface area contributed by atoms with Crippen molar-refractivity contribution in [1.82, 2.24) is 15.0 Å². The molecular formula is C52H45ClF3N3O7. The third-order valence-electron chi connectivity index (χ3n) is 11.0. The van der Waals surface area contributed by atoms with Crippen LogP contribution in [0.5, 0.6) is 5.75 Å². The lowest BCUT2D eigenvalue weighted by atomic mass is 9.98. The number of aromatic carboxylic acids is 3. The lowest BCUT2D eigenvalue weighted by Crippen LogP contribution is -2.19. The summed E-state index contributed by atoms with van der Waals surface area (Å²) in [6.45, 7) is 4.44. The quantitative estimate of drug-likeness (QED) is 0.121. The largest absolute Gasteiger partial charge is 0.478 e. The van der Waals surface area contributed by atoms with Gasteiger partial charge in [0.1, 0.15) is 11.6 Å². The third-order valence-corrected chi connectivity index (χ3v) is 11.3. The highest BCUT2D eigenvalue weighted by Gasteiger charge is 2.26. The van der Waals surface area contributed by atoms with Crippen molar-refractivity contribution < 1.29 is 47.6 Å². The minimum atomic E-state index is -3.33. The molecule has 10 nitrogen and oxygen atoms in total. The molecule has 0 aliphatic heterocycles. The number of benzene rings is 3. The van der Waals surface area contributed by atoms with Crippen molar-refractivity contribution in [3.05, 3.63) is 198 Å². The Balaban J connectivity index is 0.000000164. The fourth-order valence-electron chi connectivity index (χ4n) is 8.01. The summed E-state index contributed by atoms with van der Waals surface area (Å²) in [5.74, 6) is -3.12. The number of carbonyl (C=O) groups is 3. The smallest absolute Gasteiger partial charge is 0.394 e. The van der Waals surface area contributed by atoms with Gasteiger partial charge in [-0.3, -0.25) is 15.0 Å². The fraction of sp³-hybridized carbons (Fsp3) is 0.192. The highest BCUT2D eigenvalue weighted by molar-refractivity contribution is 6.32. The van der Waals surface area contributed by atoms with Gasteiger partial charge in [0.05, 0.1) is 38.8 Å². The van der Waals surface area contributed by atoms with Gasteiger partial charge < -0.3 is 20.1 Å². The zero-order valence-electron chi connectivity index (χ0n) is 35.3. The molecule has 0 radical (unpaired) electrons. The molecule has 0 amide bonds. The van der Waals surface area contributed by atoms with E-state index in [0.29, 0.717) is 67.0 Å². The van der Waals surface area contributed by atoms with Crippen LogP contribution in [0.1, 0.15) is 107 Å². The maximum atomic E-state index is 13.3. The van der Waals surface area contributed by atoms with Gasteiger partial charge in [-0.05, 0) is 144 Å². The zero-order chi connectivity index (χ0) is 46.6. The van der Waals surface area contributed by atoms with Gasteiger partial charge in [-0.25, -0.2) is 18.8 Å². The van der Waals surface area contributed by atoms with E-state index >= 15 is 0 Å². The van der Waals surface area contributed by atoms with Crippen LogP contribution < -0.4 is 4.74 Å². The second-order valence-electron chi connectivity index (χ2n) is 15.8. The van der Waals surface area contributed by atoms with Gasteiger partial charge in [0, 0.05) is 31.9 Å². The van der Waals surface area contributed by atoms with Crippen molar-refractivity contribution in [2.45, 2.75) is 66.4 Å². The molecule has 0 spiro atoms. The number of carboxylic acids is 3. The number of carboxylic acid groups (broad SMARTS) is 3. The van der Waals surface area contributed by atoms with Crippen LogP contribution in [0.3, 0.4) is 0 Å². The highest BCUT2D eigenvalue weighted by Crippen LogP contribution is 2.35. The lowest BCUT2D eigenvalue weighted by molar-refractivity contribution is -0.158. The Labute approximate surface area is 384 Å². The summed E-state index contributed by atoms with van der Waals surface area (Å²) >= 11 is 5.90. The molecule has 3 aliphatic carbocycles. The Morgan fingerprint density at radius 1 is 0.652 bits per heavy atom. The van der Waals surface area contributed by atoms with Crippen molar-refractivity contribution in [3.8, 4) is 5.75 Å². The molecule has 0 saturated heterocycles. The van der Waals surface area contributed by atoms with E-state index in [1.165, 1.54) is 48.3 Å². The van der Waals surface area contributed by atoms with E-state index < -0.39 is 24.0 Å². The average molecular weight is 916 g/mol. The summed E-state index contributed by atoms with van der Waals surface area (Å²) in [7, 11) is 0. The number of hydrogen-bond acceptors (Lipinski definition) is 7. The molecule has 9 rings (SSSR count). The Hall–Kier alpha value is -7.38. The average Bonchev–Trinajstić information content (AvgIpc) is 3.99. The van der Waals surface area contributed by atoms with E-state index in [-0.39, 0.29) is 29.6 Å². The van der Waals surface area contributed by atoms with Gasteiger partial charge in [-0.1, -0.05) is 72.6 Å². The molecule has 3 N–H and O–H groups in total. The van der Waals surface area contributed by atoms with Gasteiger partial charge in [0.25, 0.3) is 0 Å². The van der Waals surface area contributed by atoms with E-state index in [4.69, 9.17) is 11.6 Å². The second-order valence-corrected chi connectivity index (χ2v) is 16.2. The van der Waals surface area contributed by atoms with Gasteiger partial charge >= 0.3 is 24.0 Å². The number of aryl methyl sites for hydroxylation is 2. The molecule has 0 bridgehead atoms. The van der Waals surface area contributed by atoms with Crippen LogP contribution in [0.15, 0.2) is 109 Å². The molecule has 0 fully saturated rings. The monoisotopic (exact) mass is 915 g/mol. The van der Waals surface area contributed by atoms with Crippen LogP contribution in [0.2, 0.25) is 5.02 Å². The van der Waals surface area contributed by atoms with Gasteiger partial charge in [-0.15, -0.1) is 0 Å². The third kappa shape index (κ3) is 11.3. The number of halogens is 4. The number of alkyl halides is 2. The van der Waals surface area contributed by atoms with Gasteiger partial charge in [0.2, 0.25) is 0 Å². The Morgan fingerprint density at radius 2 is 1.12 bits per heavy atom. The molecule has 338 valence electrons. The van der Waals surface area contributed by atoms with Crippen LogP contribution in [0.4, 0.5) is 13.2 Å². The van der Waals surface area contributed by atoms with Crippen LogP contribution in [0, 0.1) is 19.7 Å². The van der Waals surface area contributed by atoms with E-state index in [1.54, 1.807) is 31.3 Å². The van der Waals surface area contributed by atoms with Gasteiger partial charge in [0.15, 0.2) is 0 Å². The topological polar surface area (TPSA) is 160 Å².